The van der Waals surface area contributed by atoms with Gasteiger partial charge in [0.25, 0.3) is 0 Å². The molecule has 0 aliphatic carbocycles. The van der Waals surface area contributed by atoms with Crippen molar-refractivity contribution in [1.82, 2.24) is 0 Å². The van der Waals surface area contributed by atoms with Crippen LogP contribution in [0.1, 0.15) is 38.7 Å². The van der Waals surface area contributed by atoms with Gasteiger partial charge in [0, 0.05) is 11.6 Å². The highest BCUT2D eigenvalue weighted by Crippen LogP contribution is 2.30. The van der Waals surface area contributed by atoms with E-state index in [4.69, 9.17) is 0 Å². The van der Waals surface area contributed by atoms with E-state index >= 15 is 0 Å². The molecule has 0 amide bonds. The molecule has 1 aromatic carbocycles. The van der Waals surface area contributed by atoms with Crippen molar-refractivity contribution in [2.24, 2.45) is 5.92 Å². The maximum Gasteiger partial charge on any atom is 0.198 e. The lowest BCUT2D eigenvalue weighted by Crippen LogP contribution is -2.11. The Bertz CT molecular complexity index is 387. The minimum Gasteiger partial charge on any atom is -0.203 e. The van der Waals surface area contributed by atoms with E-state index in [9.17, 15) is 17.6 Å². The highest BCUT2D eigenvalue weighted by atomic mass is 19.2. The lowest BCUT2D eigenvalue weighted by Gasteiger charge is -2.19. The van der Waals surface area contributed by atoms with Crippen LogP contribution in [0.15, 0.2) is 0 Å². The van der Waals surface area contributed by atoms with Gasteiger partial charge in [-0.2, -0.15) is 0 Å². The second kappa shape index (κ2) is 4.85. The molecular weight excluding hydrogens is 220 g/mol. The normalized spacial score (nSPS) is 14.9. The van der Waals surface area contributed by atoms with Crippen LogP contribution >= 0.6 is 0 Å². The van der Waals surface area contributed by atoms with Crippen molar-refractivity contribution in [2.45, 2.75) is 33.1 Å². The van der Waals surface area contributed by atoms with Gasteiger partial charge in [-0.3, -0.25) is 0 Å². The van der Waals surface area contributed by atoms with E-state index < -0.39 is 29.2 Å². The van der Waals surface area contributed by atoms with Crippen LogP contribution in [0, 0.1) is 35.3 Å². The molecule has 2 unspecified atom stereocenters. The fraction of sp³-hybridized carbons (Fsp3) is 0.500. The zero-order valence-electron chi connectivity index (χ0n) is 9.37. The summed E-state index contributed by atoms with van der Waals surface area (Å²) in [6, 6.07) is 1.94. The molecule has 1 radical (unpaired) electrons. The van der Waals surface area contributed by atoms with E-state index in [1.54, 1.807) is 6.92 Å². The molecule has 0 aliphatic rings. The summed E-state index contributed by atoms with van der Waals surface area (Å²) in [5.74, 6) is -6.75. The Morgan fingerprint density at radius 1 is 1.00 bits per heavy atom. The van der Waals surface area contributed by atoms with Crippen molar-refractivity contribution in [2.75, 3.05) is 0 Å². The number of halogens is 4. The minimum absolute atomic E-state index is 0.0370. The molecule has 0 saturated carbocycles. The molecule has 1 aromatic rings. The van der Waals surface area contributed by atoms with Gasteiger partial charge in [0.1, 0.15) is 0 Å². The number of hydrogen-bond donors (Lipinski definition) is 0. The van der Waals surface area contributed by atoms with Crippen molar-refractivity contribution >= 4 is 0 Å². The summed E-state index contributed by atoms with van der Waals surface area (Å²) >= 11 is 0. The van der Waals surface area contributed by atoms with Crippen LogP contribution in [0.2, 0.25) is 0 Å². The molecule has 0 N–H and O–H groups in total. The van der Waals surface area contributed by atoms with Gasteiger partial charge in [0.15, 0.2) is 23.3 Å². The quantitative estimate of drug-likeness (QED) is 0.417. The van der Waals surface area contributed by atoms with Gasteiger partial charge in [-0.05, 0) is 11.8 Å². The Morgan fingerprint density at radius 2 is 1.56 bits per heavy atom. The average molecular weight is 233 g/mol. The van der Waals surface area contributed by atoms with Gasteiger partial charge >= 0.3 is 0 Å². The van der Waals surface area contributed by atoms with E-state index in [0.29, 0.717) is 0 Å². The van der Waals surface area contributed by atoms with Gasteiger partial charge in [-0.25, -0.2) is 17.6 Å². The van der Waals surface area contributed by atoms with E-state index in [2.05, 4.69) is 0 Å². The molecule has 0 nitrogen and oxygen atoms in total. The molecule has 0 aliphatic heterocycles. The maximum absolute atomic E-state index is 13.4. The third kappa shape index (κ3) is 2.20. The number of rotatable bonds is 3. The first-order chi connectivity index (χ1) is 7.40. The third-order valence-electron chi connectivity index (χ3n) is 3.01. The maximum atomic E-state index is 13.4. The molecule has 89 valence electrons. The molecular formula is C12H13F4. The second-order valence-corrected chi connectivity index (χ2v) is 3.97. The van der Waals surface area contributed by atoms with Crippen molar-refractivity contribution < 1.29 is 17.6 Å². The van der Waals surface area contributed by atoms with Crippen LogP contribution in [0.5, 0.6) is 0 Å². The summed E-state index contributed by atoms with van der Waals surface area (Å²) in [6.45, 7) is 5.35. The second-order valence-electron chi connectivity index (χ2n) is 3.97. The van der Waals surface area contributed by atoms with Crippen LogP contribution in [-0.4, -0.2) is 0 Å². The summed E-state index contributed by atoms with van der Waals surface area (Å²) in [7, 11) is 0. The first-order valence-corrected chi connectivity index (χ1v) is 5.15. The molecule has 16 heavy (non-hydrogen) atoms. The summed E-state index contributed by atoms with van der Waals surface area (Å²) in [6.07, 6.45) is 0.731. The molecule has 4 heteroatoms. The Labute approximate surface area is 92.3 Å². The van der Waals surface area contributed by atoms with Gasteiger partial charge in [0.05, 0.1) is 0 Å². The van der Waals surface area contributed by atoms with Crippen LogP contribution < -0.4 is 0 Å². The van der Waals surface area contributed by atoms with E-state index in [-0.39, 0.29) is 11.5 Å². The van der Waals surface area contributed by atoms with Crippen molar-refractivity contribution in [3.05, 3.63) is 34.9 Å². The number of benzene rings is 1. The van der Waals surface area contributed by atoms with E-state index in [1.165, 1.54) is 0 Å². The molecule has 0 heterocycles. The Kier molecular flexibility index (Phi) is 3.94. The summed E-state index contributed by atoms with van der Waals surface area (Å²) < 4.78 is 52.0. The van der Waals surface area contributed by atoms with Crippen molar-refractivity contribution in [3.63, 3.8) is 0 Å². The van der Waals surface area contributed by atoms with Crippen molar-refractivity contribution in [1.29, 1.82) is 0 Å². The first kappa shape index (κ1) is 13.0. The molecule has 0 saturated heterocycles. The summed E-state index contributed by atoms with van der Waals surface area (Å²) in [5, 5.41) is 0. The first-order valence-electron chi connectivity index (χ1n) is 5.15. The van der Waals surface area contributed by atoms with Gasteiger partial charge in [0.2, 0.25) is 0 Å². The lowest BCUT2D eigenvalue weighted by atomic mass is 9.87. The Hall–Kier alpha value is -1.06. The lowest BCUT2D eigenvalue weighted by molar-refractivity contribution is 0.385. The topological polar surface area (TPSA) is 0 Å². The average Bonchev–Trinajstić information content (AvgIpc) is 2.29. The van der Waals surface area contributed by atoms with Crippen molar-refractivity contribution in [3.8, 4) is 0 Å². The zero-order chi connectivity index (χ0) is 12.5. The largest absolute Gasteiger partial charge is 0.203 e. The molecule has 2 atom stereocenters. The summed E-state index contributed by atoms with van der Waals surface area (Å²) in [4.78, 5) is 0. The number of hydrogen-bond acceptors (Lipinski definition) is 0. The van der Waals surface area contributed by atoms with E-state index in [0.717, 1.165) is 6.42 Å². The van der Waals surface area contributed by atoms with Gasteiger partial charge < -0.3 is 0 Å². The highest BCUT2D eigenvalue weighted by molar-refractivity contribution is 5.24. The predicted molar refractivity (Wildman–Crippen MR) is 53.0 cm³/mol. The zero-order valence-corrected chi connectivity index (χ0v) is 9.37. The monoisotopic (exact) mass is 233 g/mol. The predicted octanol–water partition coefficient (Wildman–Crippen LogP) is 4.19. The standard InChI is InChI=1S/C12H13F4/c1-4-6(2)7(3)8-5-9(13)11(15)12(16)10(8)14/h6-7H,4H2,1-3H3. The SMILES string of the molecule is CCC(C)C(C)c1[c]c(F)c(F)c(F)c1F. The highest BCUT2D eigenvalue weighted by Gasteiger charge is 2.24. The molecule has 0 bridgehead atoms. The van der Waals surface area contributed by atoms with Crippen LogP contribution in [0.3, 0.4) is 0 Å². The van der Waals surface area contributed by atoms with Gasteiger partial charge in [-0.15, -0.1) is 0 Å². The summed E-state index contributed by atoms with van der Waals surface area (Å²) in [5.41, 5.74) is -0.231. The molecule has 0 aromatic heterocycles. The Morgan fingerprint density at radius 3 is 2.06 bits per heavy atom. The van der Waals surface area contributed by atoms with Crippen LogP contribution in [0.25, 0.3) is 0 Å². The van der Waals surface area contributed by atoms with Crippen LogP contribution in [0.4, 0.5) is 17.6 Å². The van der Waals surface area contributed by atoms with Crippen LogP contribution in [-0.2, 0) is 0 Å². The smallest absolute Gasteiger partial charge is 0.198 e. The minimum atomic E-state index is -1.81. The van der Waals surface area contributed by atoms with E-state index in [1.807, 2.05) is 19.9 Å². The fourth-order valence-corrected chi connectivity index (χ4v) is 1.49. The Balaban J connectivity index is 3.25. The third-order valence-corrected chi connectivity index (χ3v) is 3.01. The molecule has 0 fully saturated rings. The fourth-order valence-electron chi connectivity index (χ4n) is 1.49. The molecule has 1 rings (SSSR count). The molecule has 0 spiro atoms. The van der Waals surface area contributed by atoms with Gasteiger partial charge in [-0.1, -0.05) is 27.2 Å².